The Hall–Kier alpha value is -0.900. The van der Waals surface area contributed by atoms with Gasteiger partial charge in [0, 0.05) is 13.7 Å². The number of hydrogen-bond acceptors (Lipinski definition) is 3. The van der Waals surface area contributed by atoms with Crippen molar-refractivity contribution in [3.63, 3.8) is 0 Å². The minimum atomic E-state index is -0.991. The average Bonchev–Trinajstić information content (AvgIpc) is 2.68. The van der Waals surface area contributed by atoms with Gasteiger partial charge in [-0.2, -0.15) is 0 Å². The molecule has 3 nitrogen and oxygen atoms in total. The molecule has 0 aliphatic carbocycles. The van der Waals surface area contributed by atoms with Gasteiger partial charge >= 0.3 is 0 Å². The van der Waals surface area contributed by atoms with Gasteiger partial charge in [-0.1, -0.05) is 89.1 Å². The van der Waals surface area contributed by atoms with Crippen LogP contribution in [0.2, 0.25) is 0 Å². The molecule has 26 heavy (non-hydrogen) atoms. The summed E-state index contributed by atoms with van der Waals surface area (Å²) in [6.45, 7) is 7.66. The van der Waals surface area contributed by atoms with Crippen molar-refractivity contribution in [1.82, 2.24) is 0 Å². The summed E-state index contributed by atoms with van der Waals surface area (Å²) in [6.07, 6.45) is 10.8. The maximum Gasteiger partial charge on any atom is 0.289 e. The summed E-state index contributed by atoms with van der Waals surface area (Å²) in [5, 5.41) is 0. The van der Waals surface area contributed by atoms with Crippen LogP contribution in [0.15, 0.2) is 30.3 Å². The Morgan fingerprint density at radius 3 is 2.08 bits per heavy atom. The smallest absolute Gasteiger partial charge is 0.289 e. The predicted octanol–water partition coefficient (Wildman–Crippen LogP) is 6.67. The van der Waals surface area contributed by atoms with Gasteiger partial charge in [0.05, 0.1) is 12.5 Å². The van der Waals surface area contributed by atoms with Gasteiger partial charge in [0.1, 0.15) is 0 Å². The molecule has 0 fully saturated rings. The number of methoxy groups -OCH3 is 1. The molecule has 1 aromatic rings. The lowest BCUT2D eigenvalue weighted by Crippen LogP contribution is -2.44. The lowest BCUT2D eigenvalue weighted by atomic mass is 9.90. The maximum atomic E-state index is 6.23. The summed E-state index contributed by atoms with van der Waals surface area (Å²) >= 11 is 0. The van der Waals surface area contributed by atoms with Crippen molar-refractivity contribution >= 4 is 0 Å². The van der Waals surface area contributed by atoms with Crippen molar-refractivity contribution < 1.29 is 14.2 Å². The summed E-state index contributed by atoms with van der Waals surface area (Å²) in [4.78, 5) is 0. The highest BCUT2D eigenvalue weighted by Crippen LogP contribution is 2.38. The van der Waals surface area contributed by atoms with Gasteiger partial charge in [-0.3, -0.25) is 0 Å². The Morgan fingerprint density at radius 2 is 1.46 bits per heavy atom. The van der Waals surface area contributed by atoms with Gasteiger partial charge in [-0.15, -0.1) is 0 Å². The van der Waals surface area contributed by atoms with Crippen LogP contribution in [0.4, 0.5) is 0 Å². The van der Waals surface area contributed by atoms with Crippen molar-refractivity contribution in [1.29, 1.82) is 0 Å². The van der Waals surface area contributed by atoms with Crippen LogP contribution in [0, 0.1) is 0 Å². The normalized spacial score (nSPS) is 14.9. The molecule has 0 saturated heterocycles. The van der Waals surface area contributed by atoms with E-state index in [-0.39, 0.29) is 5.92 Å². The van der Waals surface area contributed by atoms with Gasteiger partial charge in [-0.05, 0) is 25.3 Å². The molecular formula is C23H40O3. The SMILES string of the molecule is CCCCCCCCC(c1ccccc1)C(OC)(OCC)OCCCC. The van der Waals surface area contributed by atoms with Crippen LogP contribution in [-0.4, -0.2) is 26.3 Å². The molecular weight excluding hydrogens is 324 g/mol. The zero-order valence-electron chi connectivity index (χ0n) is 17.5. The molecule has 0 aliphatic rings. The molecule has 150 valence electrons. The van der Waals surface area contributed by atoms with Gasteiger partial charge < -0.3 is 14.2 Å². The van der Waals surface area contributed by atoms with Crippen LogP contribution < -0.4 is 0 Å². The third-order valence-corrected chi connectivity index (χ3v) is 4.91. The number of hydrogen-bond donors (Lipinski definition) is 0. The fourth-order valence-electron chi connectivity index (χ4n) is 3.42. The molecule has 0 saturated carbocycles. The monoisotopic (exact) mass is 364 g/mol. The van der Waals surface area contributed by atoms with E-state index in [1.54, 1.807) is 7.11 Å². The quantitative estimate of drug-likeness (QED) is 0.242. The highest BCUT2D eigenvalue weighted by Gasteiger charge is 2.42. The van der Waals surface area contributed by atoms with Gasteiger partial charge in [0.25, 0.3) is 5.97 Å². The highest BCUT2D eigenvalue weighted by atomic mass is 16.9. The first-order valence-electron chi connectivity index (χ1n) is 10.6. The number of rotatable bonds is 16. The number of unbranched alkanes of at least 4 members (excludes halogenated alkanes) is 6. The first-order chi connectivity index (χ1) is 12.7. The van der Waals surface area contributed by atoms with Gasteiger partial charge in [0.15, 0.2) is 0 Å². The Morgan fingerprint density at radius 1 is 0.808 bits per heavy atom. The topological polar surface area (TPSA) is 27.7 Å². The Balaban J connectivity index is 2.87. The molecule has 2 unspecified atom stereocenters. The van der Waals surface area contributed by atoms with Crippen LogP contribution in [-0.2, 0) is 14.2 Å². The molecule has 0 aliphatic heterocycles. The Kier molecular flexibility index (Phi) is 12.6. The molecule has 0 bridgehead atoms. The second kappa shape index (κ2) is 14.2. The molecule has 3 heteroatoms. The molecule has 1 rings (SSSR count). The molecule has 2 atom stereocenters. The van der Waals surface area contributed by atoms with E-state index in [0.717, 1.165) is 19.3 Å². The van der Waals surface area contributed by atoms with Crippen LogP contribution in [0.25, 0.3) is 0 Å². The lowest BCUT2D eigenvalue weighted by molar-refractivity contribution is -0.382. The Bertz CT molecular complexity index is 434. The molecule has 0 radical (unpaired) electrons. The van der Waals surface area contributed by atoms with Crippen molar-refractivity contribution in [3.8, 4) is 0 Å². The summed E-state index contributed by atoms with van der Waals surface area (Å²) in [7, 11) is 1.71. The maximum absolute atomic E-state index is 6.23. The van der Waals surface area contributed by atoms with Gasteiger partial charge in [-0.25, -0.2) is 0 Å². The summed E-state index contributed by atoms with van der Waals surface area (Å²) < 4.78 is 18.2. The zero-order valence-corrected chi connectivity index (χ0v) is 17.5. The summed E-state index contributed by atoms with van der Waals surface area (Å²) in [5.74, 6) is -0.911. The van der Waals surface area contributed by atoms with Gasteiger partial charge in [0.2, 0.25) is 0 Å². The minimum absolute atomic E-state index is 0.0803. The standard InChI is InChI=1S/C23H40O3/c1-5-8-10-11-12-16-19-22(21-17-14-13-15-18-21)23(24-4,25-7-3)26-20-9-6-2/h13-15,17-18,22H,5-12,16,19-20H2,1-4H3. The van der Waals surface area contributed by atoms with Crippen molar-refractivity contribution in [3.05, 3.63) is 35.9 Å². The minimum Gasteiger partial charge on any atom is -0.330 e. The highest BCUT2D eigenvalue weighted by molar-refractivity contribution is 5.21. The van der Waals surface area contributed by atoms with E-state index in [1.165, 1.54) is 44.1 Å². The second-order valence-electron chi connectivity index (χ2n) is 6.96. The predicted molar refractivity (Wildman–Crippen MR) is 109 cm³/mol. The van der Waals surface area contributed by atoms with E-state index in [1.807, 2.05) is 6.92 Å². The fourth-order valence-corrected chi connectivity index (χ4v) is 3.42. The van der Waals surface area contributed by atoms with Crippen molar-refractivity contribution in [2.75, 3.05) is 20.3 Å². The van der Waals surface area contributed by atoms with Crippen molar-refractivity contribution in [2.24, 2.45) is 0 Å². The third kappa shape index (κ3) is 7.77. The summed E-state index contributed by atoms with van der Waals surface area (Å²) in [6, 6.07) is 10.6. The Labute approximate surface area is 161 Å². The molecule has 1 aromatic carbocycles. The van der Waals surface area contributed by atoms with E-state index < -0.39 is 5.97 Å². The van der Waals surface area contributed by atoms with Crippen molar-refractivity contribution in [2.45, 2.75) is 90.4 Å². The van der Waals surface area contributed by atoms with E-state index in [9.17, 15) is 0 Å². The third-order valence-electron chi connectivity index (χ3n) is 4.91. The van der Waals surface area contributed by atoms with Crippen LogP contribution in [0.3, 0.4) is 0 Å². The van der Waals surface area contributed by atoms with E-state index in [2.05, 4.69) is 44.2 Å². The molecule has 0 spiro atoms. The molecule has 0 N–H and O–H groups in total. The first kappa shape index (κ1) is 23.1. The second-order valence-corrected chi connectivity index (χ2v) is 6.96. The first-order valence-corrected chi connectivity index (χ1v) is 10.6. The molecule has 0 aromatic heterocycles. The largest absolute Gasteiger partial charge is 0.330 e. The average molecular weight is 365 g/mol. The van der Waals surface area contributed by atoms with Crippen LogP contribution in [0.5, 0.6) is 0 Å². The van der Waals surface area contributed by atoms with Crippen LogP contribution >= 0.6 is 0 Å². The lowest BCUT2D eigenvalue weighted by Gasteiger charge is -2.39. The molecule has 0 heterocycles. The molecule has 0 amide bonds. The number of ether oxygens (including phenoxy) is 3. The number of benzene rings is 1. The van der Waals surface area contributed by atoms with E-state index in [0.29, 0.717) is 13.2 Å². The summed E-state index contributed by atoms with van der Waals surface area (Å²) in [5.41, 5.74) is 1.23. The van der Waals surface area contributed by atoms with E-state index in [4.69, 9.17) is 14.2 Å². The zero-order chi connectivity index (χ0) is 19.1. The van der Waals surface area contributed by atoms with E-state index >= 15 is 0 Å². The van der Waals surface area contributed by atoms with Crippen LogP contribution in [0.1, 0.15) is 90.0 Å². The fraction of sp³-hybridized carbons (Fsp3) is 0.739.